The van der Waals surface area contributed by atoms with Crippen LogP contribution in [0.1, 0.15) is 65.2 Å². The van der Waals surface area contributed by atoms with E-state index >= 15 is 0 Å². The molecule has 0 amide bonds. The van der Waals surface area contributed by atoms with Crippen LogP contribution in [0.5, 0.6) is 0 Å². The van der Waals surface area contributed by atoms with E-state index in [1.165, 1.54) is 64.5 Å². The molecule has 3 aliphatic rings. The minimum Gasteiger partial charge on any atom is -0.391 e. The van der Waals surface area contributed by atoms with E-state index in [-0.39, 0.29) is 11.5 Å². The number of nitrogens with zero attached hydrogens (tertiary/aromatic N) is 1. The molecule has 18 heavy (non-hydrogen) atoms. The zero-order valence-electron chi connectivity index (χ0n) is 12.1. The molecule has 0 aromatic heterocycles. The molecule has 1 N–H and O–H groups in total. The molecule has 3 rings (SSSR count). The van der Waals surface area contributed by atoms with Crippen molar-refractivity contribution in [3.8, 4) is 0 Å². The van der Waals surface area contributed by atoms with Gasteiger partial charge in [0.15, 0.2) is 0 Å². The number of hydrogen-bond donors (Lipinski definition) is 1. The fourth-order valence-electron chi connectivity index (χ4n) is 4.69. The standard InChI is InChI=1S/C16H29NO/c1-15(2)9-6-13(14(15)18)17-11-10-16(12-17)7-4-3-5-8-16/h13-14,18H,3-12H2,1-2H3. The second kappa shape index (κ2) is 4.49. The largest absolute Gasteiger partial charge is 0.391 e. The molecule has 2 unspecified atom stereocenters. The summed E-state index contributed by atoms with van der Waals surface area (Å²) in [5.41, 5.74) is 0.762. The molecule has 2 aliphatic carbocycles. The van der Waals surface area contributed by atoms with E-state index in [0.29, 0.717) is 11.5 Å². The summed E-state index contributed by atoms with van der Waals surface area (Å²) in [7, 11) is 0. The maximum absolute atomic E-state index is 10.5. The molecule has 1 saturated heterocycles. The summed E-state index contributed by atoms with van der Waals surface area (Å²) in [6.45, 7) is 6.96. The Morgan fingerprint density at radius 2 is 1.72 bits per heavy atom. The Hall–Kier alpha value is -0.0800. The van der Waals surface area contributed by atoms with Gasteiger partial charge >= 0.3 is 0 Å². The Balaban J connectivity index is 1.65. The second-order valence-corrected chi connectivity index (χ2v) is 7.82. The normalized spacial score (nSPS) is 39.5. The molecule has 0 aromatic rings. The van der Waals surface area contributed by atoms with Gasteiger partial charge in [-0.25, -0.2) is 0 Å². The highest BCUT2D eigenvalue weighted by Crippen LogP contribution is 2.47. The number of aliphatic hydroxyl groups excluding tert-OH is 1. The van der Waals surface area contributed by atoms with Gasteiger partial charge in [-0.15, -0.1) is 0 Å². The molecule has 1 heterocycles. The van der Waals surface area contributed by atoms with E-state index in [2.05, 4.69) is 18.7 Å². The Morgan fingerprint density at radius 3 is 2.33 bits per heavy atom. The molecule has 0 bridgehead atoms. The maximum Gasteiger partial charge on any atom is 0.0746 e. The van der Waals surface area contributed by atoms with Crippen LogP contribution < -0.4 is 0 Å². The Kier molecular flexibility index (Phi) is 3.22. The van der Waals surface area contributed by atoms with Gasteiger partial charge in [-0.1, -0.05) is 33.1 Å². The summed E-state index contributed by atoms with van der Waals surface area (Å²) in [5, 5.41) is 10.5. The lowest BCUT2D eigenvalue weighted by atomic mass is 9.73. The van der Waals surface area contributed by atoms with Crippen LogP contribution in [-0.2, 0) is 0 Å². The highest BCUT2D eigenvalue weighted by atomic mass is 16.3. The average Bonchev–Trinajstić information content (AvgIpc) is 2.84. The van der Waals surface area contributed by atoms with Crippen molar-refractivity contribution in [1.29, 1.82) is 0 Å². The van der Waals surface area contributed by atoms with Crippen molar-refractivity contribution in [1.82, 2.24) is 4.90 Å². The predicted molar refractivity (Wildman–Crippen MR) is 74.5 cm³/mol. The van der Waals surface area contributed by atoms with Crippen molar-refractivity contribution in [2.45, 2.75) is 77.4 Å². The number of hydrogen-bond acceptors (Lipinski definition) is 2. The van der Waals surface area contributed by atoms with Gasteiger partial charge < -0.3 is 5.11 Å². The van der Waals surface area contributed by atoms with Crippen LogP contribution in [0.15, 0.2) is 0 Å². The SMILES string of the molecule is CC1(C)CCC(N2CCC3(CCCCC3)C2)C1O. The maximum atomic E-state index is 10.5. The van der Waals surface area contributed by atoms with Crippen molar-refractivity contribution in [2.75, 3.05) is 13.1 Å². The summed E-state index contributed by atoms with van der Waals surface area (Å²) in [4.78, 5) is 2.63. The minimum absolute atomic E-state index is 0.115. The molecule has 0 aromatic carbocycles. The van der Waals surface area contributed by atoms with E-state index in [4.69, 9.17) is 0 Å². The molecule has 1 spiro atoms. The van der Waals surface area contributed by atoms with Gasteiger partial charge in [0.2, 0.25) is 0 Å². The Morgan fingerprint density at radius 1 is 1.00 bits per heavy atom. The van der Waals surface area contributed by atoms with Crippen molar-refractivity contribution in [3.63, 3.8) is 0 Å². The van der Waals surface area contributed by atoms with Crippen molar-refractivity contribution >= 4 is 0 Å². The minimum atomic E-state index is -0.115. The first-order valence-electron chi connectivity index (χ1n) is 7.95. The second-order valence-electron chi connectivity index (χ2n) is 7.82. The van der Waals surface area contributed by atoms with Crippen molar-refractivity contribution in [2.24, 2.45) is 10.8 Å². The third-order valence-electron chi connectivity index (χ3n) is 6.10. The molecule has 104 valence electrons. The van der Waals surface area contributed by atoms with Gasteiger partial charge in [-0.2, -0.15) is 0 Å². The van der Waals surface area contributed by atoms with Crippen LogP contribution >= 0.6 is 0 Å². The molecule has 2 atom stereocenters. The molecule has 3 fully saturated rings. The van der Waals surface area contributed by atoms with Crippen LogP contribution in [0, 0.1) is 10.8 Å². The number of rotatable bonds is 1. The van der Waals surface area contributed by atoms with Crippen LogP contribution in [0.4, 0.5) is 0 Å². The quantitative estimate of drug-likeness (QED) is 0.773. The first-order valence-corrected chi connectivity index (χ1v) is 7.95. The highest BCUT2D eigenvalue weighted by molar-refractivity contribution is 5.01. The van der Waals surface area contributed by atoms with Crippen molar-refractivity contribution in [3.05, 3.63) is 0 Å². The van der Waals surface area contributed by atoms with E-state index < -0.39 is 0 Å². The molecule has 2 heteroatoms. The van der Waals surface area contributed by atoms with Gasteiger partial charge in [0.25, 0.3) is 0 Å². The number of aliphatic hydroxyl groups is 1. The highest BCUT2D eigenvalue weighted by Gasteiger charge is 2.48. The lowest BCUT2D eigenvalue weighted by Crippen LogP contribution is -2.44. The fraction of sp³-hybridized carbons (Fsp3) is 1.00. The fourth-order valence-corrected chi connectivity index (χ4v) is 4.69. The summed E-state index contributed by atoms with van der Waals surface area (Å²) in [6, 6.07) is 0.446. The number of likely N-dealkylation sites (tertiary alicyclic amines) is 1. The smallest absolute Gasteiger partial charge is 0.0746 e. The monoisotopic (exact) mass is 251 g/mol. The van der Waals surface area contributed by atoms with Gasteiger partial charge in [-0.05, 0) is 49.5 Å². The summed E-state index contributed by atoms with van der Waals surface area (Å²) in [5.74, 6) is 0. The Bertz CT molecular complexity index is 306. The van der Waals surface area contributed by atoms with E-state index in [0.717, 1.165) is 0 Å². The lowest BCUT2D eigenvalue weighted by Gasteiger charge is -2.36. The van der Waals surface area contributed by atoms with Crippen LogP contribution in [0.25, 0.3) is 0 Å². The van der Waals surface area contributed by atoms with E-state index in [9.17, 15) is 5.11 Å². The van der Waals surface area contributed by atoms with Crippen LogP contribution in [-0.4, -0.2) is 35.2 Å². The van der Waals surface area contributed by atoms with Crippen molar-refractivity contribution < 1.29 is 5.11 Å². The zero-order chi connectivity index (χ0) is 12.8. The molecule has 0 radical (unpaired) electrons. The third kappa shape index (κ3) is 2.12. The van der Waals surface area contributed by atoms with Gasteiger partial charge in [0.05, 0.1) is 6.10 Å². The van der Waals surface area contributed by atoms with Gasteiger partial charge in [0, 0.05) is 12.6 Å². The zero-order valence-corrected chi connectivity index (χ0v) is 12.1. The van der Waals surface area contributed by atoms with E-state index in [1.54, 1.807) is 0 Å². The molecular formula is C16H29NO. The van der Waals surface area contributed by atoms with Crippen LogP contribution in [0.2, 0.25) is 0 Å². The predicted octanol–water partition coefficient (Wildman–Crippen LogP) is 3.19. The first-order chi connectivity index (χ1) is 8.53. The third-order valence-corrected chi connectivity index (χ3v) is 6.10. The van der Waals surface area contributed by atoms with Gasteiger partial charge in [-0.3, -0.25) is 4.90 Å². The summed E-state index contributed by atoms with van der Waals surface area (Å²) < 4.78 is 0. The average molecular weight is 251 g/mol. The summed E-state index contributed by atoms with van der Waals surface area (Å²) >= 11 is 0. The van der Waals surface area contributed by atoms with Gasteiger partial charge in [0.1, 0.15) is 0 Å². The molecule has 2 nitrogen and oxygen atoms in total. The molecule has 1 aliphatic heterocycles. The van der Waals surface area contributed by atoms with E-state index in [1.807, 2.05) is 0 Å². The lowest BCUT2D eigenvalue weighted by molar-refractivity contribution is 0.0171. The molecule has 2 saturated carbocycles. The van der Waals surface area contributed by atoms with Crippen LogP contribution in [0.3, 0.4) is 0 Å². The summed E-state index contributed by atoms with van der Waals surface area (Å²) in [6.07, 6.45) is 10.9. The Labute approximate surface area is 112 Å². The topological polar surface area (TPSA) is 23.5 Å². The molecular weight excluding hydrogens is 222 g/mol. The first kappa shape index (κ1) is 12.9.